The molecule has 0 N–H and O–H groups in total. The Morgan fingerprint density at radius 3 is 0.862 bits per heavy atom. The topological polar surface area (TPSA) is 19.7 Å². The van der Waals surface area contributed by atoms with Crippen LogP contribution in [0.1, 0.15) is 0 Å². The average Bonchev–Trinajstić information content (AvgIpc) is 4.02. The molecule has 0 amide bonds. The van der Waals surface area contributed by atoms with E-state index in [2.05, 4.69) is 225 Å². The van der Waals surface area contributed by atoms with Crippen LogP contribution in [0.4, 0.5) is 0 Å². The van der Waals surface area contributed by atoms with Crippen molar-refractivity contribution in [2.75, 3.05) is 0 Å². The fraction of sp³-hybridized carbons (Fsp3) is 0. The Morgan fingerprint density at radius 2 is 0.483 bits per heavy atom. The SMILES string of the molecule is c1ccc(-n2c3ccccc3c3cccc(-n4c5ccccc5c5ccc6c7ccccc7n(-c7cccc8c9ccccc9n(-c9ccccc9)c78)c6c54)c32)cc1. The largest absolute Gasteiger partial charge is 0.307 e. The molecule has 0 aliphatic rings. The minimum atomic E-state index is 1.14. The van der Waals surface area contributed by atoms with E-state index in [1.807, 2.05) is 0 Å². The van der Waals surface area contributed by atoms with Crippen LogP contribution >= 0.6 is 0 Å². The van der Waals surface area contributed by atoms with E-state index in [1.54, 1.807) is 0 Å². The number of aromatic nitrogens is 4. The zero-order valence-electron chi connectivity index (χ0n) is 31.4. The van der Waals surface area contributed by atoms with E-state index in [0.717, 1.165) is 22.7 Å². The fourth-order valence-electron chi connectivity index (χ4n) is 10.1. The minimum Gasteiger partial charge on any atom is -0.307 e. The van der Waals surface area contributed by atoms with Gasteiger partial charge in [-0.05, 0) is 60.7 Å². The normalized spacial score (nSPS) is 12.1. The molecule has 0 spiro atoms. The molecule has 13 rings (SSSR count). The van der Waals surface area contributed by atoms with Crippen molar-refractivity contribution in [1.29, 1.82) is 0 Å². The van der Waals surface area contributed by atoms with Crippen LogP contribution in [-0.4, -0.2) is 18.3 Å². The van der Waals surface area contributed by atoms with E-state index in [4.69, 9.17) is 0 Å². The van der Waals surface area contributed by atoms with Gasteiger partial charge in [-0.25, -0.2) is 0 Å². The Bertz CT molecular complexity index is 3530. The summed E-state index contributed by atoms with van der Waals surface area (Å²) in [6.07, 6.45) is 0. The highest BCUT2D eigenvalue weighted by Crippen LogP contribution is 2.46. The van der Waals surface area contributed by atoms with E-state index in [0.29, 0.717) is 0 Å². The molecular formula is C54H34N4. The fourth-order valence-corrected chi connectivity index (χ4v) is 10.1. The number of hydrogen-bond donors (Lipinski definition) is 0. The summed E-state index contributed by atoms with van der Waals surface area (Å²) < 4.78 is 10.0. The van der Waals surface area contributed by atoms with Gasteiger partial charge in [-0.15, -0.1) is 0 Å². The van der Waals surface area contributed by atoms with Gasteiger partial charge in [-0.3, -0.25) is 0 Å². The second-order valence-electron chi connectivity index (χ2n) is 15.3. The van der Waals surface area contributed by atoms with Gasteiger partial charge in [-0.2, -0.15) is 0 Å². The van der Waals surface area contributed by atoms with Gasteiger partial charge >= 0.3 is 0 Å². The predicted octanol–water partition coefficient (Wildman–Crippen LogP) is 14.1. The van der Waals surface area contributed by atoms with Gasteiger partial charge in [0.05, 0.1) is 55.5 Å². The summed E-state index contributed by atoms with van der Waals surface area (Å²) in [4.78, 5) is 0. The molecule has 58 heavy (non-hydrogen) atoms. The summed E-state index contributed by atoms with van der Waals surface area (Å²) >= 11 is 0. The highest BCUT2D eigenvalue weighted by molar-refractivity contribution is 6.25. The molecule has 13 aromatic rings. The van der Waals surface area contributed by atoms with Gasteiger partial charge in [0.1, 0.15) is 0 Å². The molecule has 0 bridgehead atoms. The van der Waals surface area contributed by atoms with Crippen molar-refractivity contribution in [2.45, 2.75) is 0 Å². The molecule has 0 aliphatic heterocycles. The lowest BCUT2D eigenvalue weighted by Gasteiger charge is -2.17. The predicted molar refractivity (Wildman–Crippen MR) is 244 cm³/mol. The van der Waals surface area contributed by atoms with Gasteiger partial charge in [-0.1, -0.05) is 146 Å². The average molecular weight is 739 g/mol. The van der Waals surface area contributed by atoms with E-state index < -0.39 is 0 Å². The van der Waals surface area contributed by atoms with Crippen molar-refractivity contribution in [1.82, 2.24) is 18.3 Å². The van der Waals surface area contributed by atoms with E-state index >= 15 is 0 Å². The first-order valence-corrected chi connectivity index (χ1v) is 20.0. The van der Waals surface area contributed by atoms with Gasteiger partial charge in [0.2, 0.25) is 0 Å². The van der Waals surface area contributed by atoms with Crippen LogP contribution in [0.25, 0.3) is 110 Å². The van der Waals surface area contributed by atoms with E-state index in [9.17, 15) is 0 Å². The van der Waals surface area contributed by atoms with E-state index in [-0.39, 0.29) is 0 Å². The third kappa shape index (κ3) is 4.13. The number of hydrogen-bond acceptors (Lipinski definition) is 0. The lowest BCUT2D eigenvalue weighted by molar-refractivity contribution is 1.11. The lowest BCUT2D eigenvalue weighted by Crippen LogP contribution is -2.03. The first-order chi connectivity index (χ1) is 28.8. The molecule has 0 saturated heterocycles. The Morgan fingerprint density at radius 1 is 0.190 bits per heavy atom. The van der Waals surface area contributed by atoms with Crippen LogP contribution in [0.2, 0.25) is 0 Å². The van der Waals surface area contributed by atoms with E-state index in [1.165, 1.54) is 87.2 Å². The zero-order valence-corrected chi connectivity index (χ0v) is 31.4. The number of rotatable bonds is 4. The van der Waals surface area contributed by atoms with Crippen LogP contribution in [0, 0.1) is 0 Å². The highest BCUT2D eigenvalue weighted by atomic mass is 15.1. The second kappa shape index (κ2) is 11.8. The van der Waals surface area contributed by atoms with Crippen molar-refractivity contribution < 1.29 is 0 Å². The Kier molecular flexibility index (Phi) is 6.41. The van der Waals surface area contributed by atoms with Crippen LogP contribution in [0.5, 0.6) is 0 Å². The summed E-state index contributed by atoms with van der Waals surface area (Å²) in [6.45, 7) is 0. The van der Waals surface area contributed by atoms with Gasteiger partial charge < -0.3 is 18.3 Å². The van der Waals surface area contributed by atoms with Crippen molar-refractivity contribution in [3.63, 3.8) is 0 Å². The molecule has 0 aliphatic carbocycles. The first-order valence-electron chi connectivity index (χ1n) is 20.0. The molecular weight excluding hydrogens is 705 g/mol. The molecule has 4 heteroatoms. The summed E-state index contributed by atoms with van der Waals surface area (Å²) in [5.41, 5.74) is 14.0. The minimum absolute atomic E-state index is 1.14. The summed E-state index contributed by atoms with van der Waals surface area (Å²) in [6, 6.07) is 75.4. The number of para-hydroxylation sites is 8. The van der Waals surface area contributed by atoms with Crippen molar-refractivity contribution in [2.24, 2.45) is 0 Å². The van der Waals surface area contributed by atoms with Gasteiger partial charge in [0.25, 0.3) is 0 Å². The van der Waals surface area contributed by atoms with Crippen LogP contribution in [0.3, 0.4) is 0 Å². The number of nitrogens with zero attached hydrogens (tertiary/aromatic N) is 4. The standard InChI is InChI=1S/C54H34N4/c1-3-17-35(18-4-1)55-45-27-11-7-21-37(45)41-25-15-31-49(51(41)55)57-47-29-13-9-23-39(47)43-33-34-44-40-24-10-14-30-48(40)58(54(44)53(43)57)50-32-16-26-42-38-22-8-12-28-46(38)56(52(42)50)36-19-5-2-6-20-36/h1-34H. The number of benzene rings is 9. The first kappa shape index (κ1) is 31.4. The second-order valence-corrected chi connectivity index (χ2v) is 15.3. The molecule has 0 unspecified atom stereocenters. The smallest absolute Gasteiger partial charge is 0.0789 e. The molecule has 0 radical (unpaired) electrons. The van der Waals surface area contributed by atoms with Crippen LogP contribution in [-0.2, 0) is 0 Å². The Labute approximate surface area is 333 Å². The monoisotopic (exact) mass is 738 g/mol. The molecule has 0 atom stereocenters. The van der Waals surface area contributed by atoms with Crippen molar-refractivity contribution in [3.8, 4) is 22.7 Å². The third-order valence-corrected chi connectivity index (χ3v) is 12.3. The van der Waals surface area contributed by atoms with Crippen molar-refractivity contribution in [3.05, 3.63) is 206 Å². The lowest BCUT2D eigenvalue weighted by atomic mass is 10.1. The maximum Gasteiger partial charge on any atom is 0.0789 e. The number of fused-ring (bicyclic) bond motifs is 13. The van der Waals surface area contributed by atoms with Crippen LogP contribution < -0.4 is 0 Å². The summed E-state index contributed by atoms with van der Waals surface area (Å²) in [5, 5.41) is 9.84. The molecule has 270 valence electrons. The molecule has 4 aromatic heterocycles. The summed E-state index contributed by atoms with van der Waals surface area (Å²) in [5.74, 6) is 0. The molecule has 0 saturated carbocycles. The molecule has 0 fully saturated rings. The zero-order chi connectivity index (χ0) is 37.9. The quantitative estimate of drug-likeness (QED) is 0.171. The molecule has 4 nitrogen and oxygen atoms in total. The molecule has 4 heterocycles. The third-order valence-electron chi connectivity index (χ3n) is 12.3. The highest BCUT2D eigenvalue weighted by Gasteiger charge is 2.26. The maximum atomic E-state index is 2.55. The Hall–Kier alpha value is -7.82. The van der Waals surface area contributed by atoms with Crippen molar-refractivity contribution >= 4 is 87.2 Å². The maximum absolute atomic E-state index is 2.55. The van der Waals surface area contributed by atoms with Crippen LogP contribution in [0.15, 0.2) is 206 Å². The van der Waals surface area contributed by atoms with Gasteiger partial charge in [0.15, 0.2) is 0 Å². The van der Waals surface area contributed by atoms with Gasteiger partial charge in [0, 0.05) is 54.5 Å². The summed E-state index contributed by atoms with van der Waals surface area (Å²) in [7, 11) is 0. The molecule has 9 aromatic carbocycles. The Balaban J connectivity index is 1.26.